The molecule has 8 heteroatoms. The maximum Gasteiger partial charge on any atom is 0.290 e. The number of aromatic nitrogens is 2. The third kappa shape index (κ3) is 4.22. The molecule has 0 saturated heterocycles. The van der Waals surface area contributed by atoms with E-state index in [0.29, 0.717) is 23.8 Å². The molecule has 0 saturated carbocycles. The van der Waals surface area contributed by atoms with Crippen molar-refractivity contribution in [2.45, 2.75) is 53.1 Å². The molecule has 7 nitrogen and oxygen atoms in total. The van der Waals surface area contributed by atoms with Crippen LogP contribution in [0.15, 0.2) is 29.6 Å². The second kappa shape index (κ2) is 8.91. The Kier molecular flexibility index (Phi) is 6.29. The van der Waals surface area contributed by atoms with E-state index < -0.39 is 0 Å². The van der Waals surface area contributed by atoms with E-state index in [0.717, 1.165) is 33.8 Å². The molecule has 0 atom stereocenters. The monoisotopic (exact) mass is 480 g/mol. The first-order chi connectivity index (χ1) is 16.0. The molecule has 4 rings (SSSR count). The molecule has 2 amide bonds. The fraction of sp³-hybridized carbons (Fsp3) is 0.423. The van der Waals surface area contributed by atoms with E-state index in [1.54, 1.807) is 23.3 Å². The van der Waals surface area contributed by atoms with Crippen molar-refractivity contribution in [2.24, 2.45) is 5.92 Å². The lowest BCUT2D eigenvalue weighted by atomic mass is 9.95. The van der Waals surface area contributed by atoms with Gasteiger partial charge in [0.25, 0.3) is 5.91 Å². The predicted molar refractivity (Wildman–Crippen MR) is 137 cm³/mol. The van der Waals surface area contributed by atoms with Gasteiger partial charge < -0.3 is 19.5 Å². The number of nitrogens with one attached hydrogen (secondary N) is 1. The Hall–Kier alpha value is -3.13. The summed E-state index contributed by atoms with van der Waals surface area (Å²) in [5, 5.41) is 5.01. The lowest BCUT2D eigenvalue weighted by Crippen LogP contribution is -2.43. The van der Waals surface area contributed by atoms with Crippen LogP contribution >= 0.6 is 11.3 Å². The molecule has 1 N–H and O–H groups in total. The van der Waals surface area contributed by atoms with Gasteiger partial charge in [-0.15, -0.1) is 11.3 Å². The maximum absolute atomic E-state index is 13.5. The second-order valence-corrected chi connectivity index (χ2v) is 10.8. The number of hydrogen-bond donors (Lipinski definition) is 1. The zero-order valence-corrected chi connectivity index (χ0v) is 21.7. The van der Waals surface area contributed by atoms with Crippen molar-refractivity contribution in [3.05, 3.63) is 41.0 Å². The largest absolute Gasteiger partial charge is 0.495 e. The minimum atomic E-state index is -0.333. The highest BCUT2D eigenvalue weighted by Gasteiger charge is 2.33. The van der Waals surface area contributed by atoms with E-state index in [2.05, 4.69) is 5.32 Å². The third-order valence-corrected chi connectivity index (χ3v) is 7.17. The first-order valence-corrected chi connectivity index (χ1v) is 12.4. The summed E-state index contributed by atoms with van der Waals surface area (Å²) in [6.45, 7) is 10.4. The molecule has 0 fully saturated rings. The fourth-order valence-electron chi connectivity index (χ4n) is 3.97. The number of anilines is 1. The number of methoxy groups -OCH3 is 1. The number of fused-ring (bicyclic) bond motifs is 3. The smallest absolute Gasteiger partial charge is 0.290 e. The van der Waals surface area contributed by atoms with Gasteiger partial charge in [0.05, 0.1) is 23.4 Å². The van der Waals surface area contributed by atoms with Gasteiger partial charge in [-0.1, -0.05) is 19.9 Å². The van der Waals surface area contributed by atoms with Crippen molar-refractivity contribution >= 4 is 28.8 Å². The summed E-state index contributed by atoms with van der Waals surface area (Å²) in [6, 6.07) is 7.96. The number of imidazole rings is 1. The number of hydrogen-bond acceptors (Lipinski definition) is 5. The molecule has 3 aromatic rings. The number of aryl methyl sites for hydroxylation is 1. The van der Waals surface area contributed by atoms with Gasteiger partial charge in [0.2, 0.25) is 5.91 Å². The Bertz CT molecular complexity index is 1240. The van der Waals surface area contributed by atoms with Crippen LogP contribution in [0.1, 0.15) is 50.8 Å². The molecule has 0 bridgehead atoms. The molecule has 2 aromatic heterocycles. The first kappa shape index (κ1) is 24.0. The van der Waals surface area contributed by atoms with Crippen LogP contribution in [0.3, 0.4) is 0 Å². The number of rotatable bonds is 5. The number of carbonyl (C=O) groups is 2. The summed E-state index contributed by atoms with van der Waals surface area (Å²) in [4.78, 5) is 33.6. The summed E-state index contributed by atoms with van der Waals surface area (Å²) >= 11 is 1.59. The van der Waals surface area contributed by atoms with Gasteiger partial charge in [0.1, 0.15) is 11.4 Å². The lowest BCUT2D eigenvalue weighted by molar-refractivity contribution is -0.118. The highest BCUT2D eigenvalue weighted by atomic mass is 32.1. The van der Waals surface area contributed by atoms with E-state index in [4.69, 9.17) is 9.72 Å². The molecule has 1 aliphatic rings. The van der Waals surface area contributed by atoms with Crippen molar-refractivity contribution in [2.75, 3.05) is 19.5 Å². The zero-order valence-electron chi connectivity index (χ0n) is 20.9. The number of thiophene rings is 1. The highest BCUT2D eigenvalue weighted by Crippen LogP contribution is 2.43. The Labute approximate surface area is 204 Å². The SMILES string of the molecule is COc1cc2c(cc1NC(=O)C(C)C)-c1c(-c3cccs3)nc(C(=O)N(C)C(C)(C)C)n1CC2. The van der Waals surface area contributed by atoms with Gasteiger partial charge in [-0.25, -0.2) is 4.98 Å². The average molecular weight is 481 g/mol. The summed E-state index contributed by atoms with van der Waals surface area (Å²) in [5.74, 6) is 0.711. The van der Waals surface area contributed by atoms with Crippen LogP contribution in [-0.2, 0) is 17.8 Å². The van der Waals surface area contributed by atoms with Crippen molar-refractivity contribution in [1.82, 2.24) is 14.5 Å². The molecule has 0 aliphatic carbocycles. The Morgan fingerprint density at radius 3 is 2.59 bits per heavy atom. The first-order valence-electron chi connectivity index (χ1n) is 11.5. The Balaban J connectivity index is 1.92. The van der Waals surface area contributed by atoms with E-state index in [9.17, 15) is 9.59 Å². The topological polar surface area (TPSA) is 76.5 Å². The quantitative estimate of drug-likeness (QED) is 0.537. The molecule has 1 aromatic carbocycles. The van der Waals surface area contributed by atoms with E-state index >= 15 is 0 Å². The maximum atomic E-state index is 13.5. The van der Waals surface area contributed by atoms with Gasteiger partial charge in [-0.2, -0.15) is 0 Å². The third-order valence-electron chi connectivity index (χ3n) is 6.29. The summed E-state index contributed by atoms with van der Waals surface area (Å²) < 4.78 is 7.63. The van der Waals surface area contributed by atoms with Gasteiger partial charge >= 0.3 is 0 Å². The number of ether oxygens (including phenoxy) is 1. The lowest BCUT2D eigenvalue weighted by Gasteiger charge is -2.32. The van der Waals surface area contributed by atoms with Crippen LogP contribution < -0.4 is 10.1 Å². The molecule has 0 spiro atoms. The number of amides is 2. The standard InChI is InChI=1S/C26H32N4O3S/c1-15(2)24(31)27-18-14-17-16(13-19(18)33-7)10-11-30-22(17)21(20-9-8-12-34-20)28-23(30)25(32)29(6)26(3,4)5/h8-9,12-15H,10-11H2,1-7H3,(H,27,31). The molecule has 0 radical (unpaired) electrons. The normalized spacial score (nSPS) is 12.8. The number of nitrogens with zero attached hydrogens (tertiary/aromatic N) is 3. The zero-order chi connectivity index (χ0) is 24.8. The van der Waals surface area contributed by atoms with Gasteiger partial charge in [0.15, 0.2) is 5.82 Å². The molecule has 0 unspecified atom stereocenters. The second-order valence-electron chi connectivity index (χ2n) is 9.90. The molecule has 180 valence electrons. The molecular formula is C26H32N4O3S. The molecule has 34 heavy (non-hydrogen) atoms. The Morgan fingerprint density at radius 1 is 1.26 bits per heavy atom. The van der Waals surface area contributed by atoms with Crippen LogP contribution in [0, 0.1) is 5.92 Å². The van der Waals surface area contributed by atoms with Crippen LogP contribution in [0.4, 0.5) is 5.69 Å². The van der Waals surface area contributed by atoms with Crippen LogP contribution in [0.2, 0.25) is 0 Å². The molecular weight excluding hydrogens is 448 g/mol. The molecule has 1 aliphatic heterocycles. The summed E-state index contributed by atoms with van der Waals surface area (Å²) in [7, 11) is 3.42. The van der Waals surface area contributed by atoms with Crippen molar-refractivity contribution < 1.29 is 14.3 Å². The van der Waals surface area contributed by atoms with Crippen LogP contribution in [0.5, 0.6) is 5.75 Å². The van der Waals surface area contributed by atoms with Gasteiger partial charge in [0, 0.05) is 30.6 Å². The van der Waals surface area contributed by atoms with Gasteiger partial charge in [-0.05, 0) is 56.3 Å². The average Bonchev–Trinajstić information content (AvgIpc) is 3.44. The van der Waals surface area contributed by atoms with Crippen molar-refractivity contribution in [1.29, 1.82) is 0 Å². The van der Waals surface area contributed by atoms with E-state index in [1.165, 1.54) is 0 Å². The van der Waals surface area contributed by atoms with Crippen molar-refractivity contribution in [3.8, 4) is 27.6 Å². The van der Waals surface area contributed by atoms with Crippen LogP contribution in [0.25, 0.3) is 21.8 Å². The summed E-state index contributed by atoms with van der Waals surface area (Å²) in [6.07, 6.45) is 0.733. The number of benzene rings is 1. The highest BCUT2D eigenvalue weighted by molar-refractivity contribution is 7.13. The number of carbonyl (C=O) groups excluding carboxylic acids is 2. The van der Waals surface area contributed by atoms with E-state index in [1.807, 2.05) is 75.9 Å². The molecule has 3 heterocycles. The minimum Gasteiger partial charge on any atom is -0.495 e. The minimum absolute atomic E-state index is 0.0799. The van der Waals surface area contributed by atoms with Crippen molar-refractivity contribution in [3.63, 3.8) is 0 Å². The van der Waals surface area contributed by atoms with Crippen LogP contribution in [-0.4, -0.2) is 46.0 Å². The Morgan fingerprint density at radius 2 is 2.00 bits per heavy atom. The van der Waals surface area contributed by atoms with E-state index in [-0.39, 0.29) is 23.3 Å². The van der Waals surface area contributed by atoms with Gasteiger partial charge in [-0.3, -0.25) is 9.59 Å². The summed E-state index contributed by atoms with van der Waals surface area (Å²) in [5.41, 5.74) is 4.03. The predicted octanol–water partition coefficient (Wildman–Crippen LogP) is 5.31. The fourth-order valence-corrected chi connectivity index (χ4v) is 4.69.